The number of esters is 1. The smallest absolute Gasteiger partial charge is 0.338 e. The van der Waals surface area contributed by atoms with Crippen LogP contribution in [0.2, 0.25) is 0 Å². The first kappa shape index (κ1) is 14.1. The van der Waals surface area contributed by atoms with Gasteiger partial charge in [-0.2, -0.15) is 0 Å². The Morgan fingerprint density at radius 2 is 1.68 bits per heavy atom. The van der Waals surface area contributed by atoms with E-state index in [0.717, 1.165) is 27.5 Å². The Morgan fingerprint density at radius 1 is 0.955 bits per heavy atom. The second-order valence-electron chi connectivity index (χ2n) is 4.99. The van der Waals surface area contributed by atoms with Gasteiger partial charge < -0.3 is 4.74 Å². The molecule has 0 bridgehead atoms. The molecular weight excluding hydrogens is 272 g/mol. The van der Waals surface area contributed by atoms with Crippen molar-refractivity contribution in [1.82, 2.24) is 0 Å². The Labute approximate surface area is 129 Å². The van der Waals surface area contributed by atoms with Gasteiger partial charge >= 0.3 is 5.97 Å². The molecule has 2 heteroatoms. The lowest BCUT2D eigenvalue weighted by atomic mass is 9.91. The Hall–Kier alpha value is -2.87. The molecule has 0 aliphatic heterocycles. The third-order valence-electron chi connectivity index (χ3n) is 3.80. The van der Waals surface area contributed by atoms with E-state index in [-0.39, 0.29) is 5.97 Å². The number of rotatable bonds is 3. The van der Waals surface area contributed by atoms with Gasteiger partial charge in [0, 0.05) is 0 Å². The quantitative estimate of drug-likeness (QED) is 0.638. The minimum atomic E-state index is -0.334. The molecule has 0 aromatic heterocycles. The lowest BCUT2D eigenvalue weighted by Crippen LogP contribution is -2.03. The number of methoxy groups -OCH3 is 1. The molecule has 0 radical (unpaired) electrons. The highest BCUT2D eigenvalue weighted by Crippen LogP contribution is 2.33. The van der Waals surface area contributed by atoms with Gasteiger partial charge in [-0.1, -0.05) is 67.3 Å². The predicted molar refractivity (Wildman–Crippen MR) is 90.8 cm³/mol. The largest absolute Gasteiger partial charge is 0.465 e. The number of benzene rings is 3. The Bertz CT molecular complexity index is 862. The van der Waals surface area contributed by atoms with Crippen molar-refractivity contribution >= 4 is 22.8 Å². The molecule has 0 saturated carbocycles. The van der Waals surface area contributed by atoms with Crippen LogP contribution in [0.1, 0.15) is 15.9 Å². The van der Waals surface area contributed by atoms with Gasteiger partial charge in [0.15, 0.2) is 0 Å². The highest BCUT2D eigenvalue weighted by Gasteiger charge is 2.15. The zero-order valence-electron chi connectivity index (χ0n) is 12.4. The molecule has 0 saturated heterocycles. The van der Waals surface area contributed by atoms with Crippen molar-refractivity contribution in [3.63, 3.8) is 0 Å². The van der Waals surface area contributed by atoms with Crippen LogP contribution in [0.15, 0.2) is 67.2 Å². The minimum Gasteiger partial charge on any atom is -0.465 e. The fourth-order valence-electron chi connectivity index (χ4n) is 2.76. The molecule has 0 aliphatic rings. The lowest BCUT2D eigenvalue weighted by Gasteiger charge is -2.13. The minimum absolute atomic E-state index is 0.334. The zero-order chi connectivity index (χ0) is 15.5. The van der Waals surface area contributed by atoms with Crippen molar-refractivity contribution in [1.29, 1.82) is 0 Å². The number of ether oxygens (including phenoxy) is 1. The van der Waals surface area contributed by atoms with Gasteiger partial charge in [-0.15, -0.1) is 0 Å². The van der Waals surface area contributed by atoms with E-state index in [4.69, 9.17) is 4.74 Å². The van der Waals surface area contributed by atoms with E-state index in [0.29, 0.717) is 5.56 Å². The molecule has 3 aromatic carbocycles. The molecule has 0 aliphatic carbocycles. The monoisotopic (exact) mass is 288 g/mol. The second-order valence-corrected chi connectivity index (χ2v) is 4.99. The van der Waals surface area contributed by atoms with Crippen molar-refractivity contribution in [2.45, 2.75) is 0 Å². The van der Waals surface area contributed by atoms with E-state index in [2.05, 4.69) is 24.8 Å². The summed E-state index contributed by atoms with van der Waals surface area (Å²) >= 11 is 0. The molecule has 0 atom stereocenters. The van der Waals surface area contributed by atoms with E-state index >= 15 is 0 Å². The maximum Gasteiger partial charge on any atom is 0.338 e. The topological polar surface area (TPSA) is 26.3 Å². The summed E-state index contributed by atoms with van der Waals surface area (Å²) in [5.74, 6) is -0.334. The van der Waals surface area contributed by atoms with Gasteiger partial charge in [-0.25, -0.2) is 4.79 Å². The molecule has 0 amide bonds. The van der Waals surface area contributed by atoms with Crippen LogP contribution in [-0.4, -0.2) is 13.1 Å². The Balaban J connectivity index is 2.32. The molecule has 3 rings (SSSR count). The van der Waals surface area contributed by atoms with Crippen LogP contribution in [0.3, 0.4) is 0 Å². The summed E-state index contributed by atoms with van der Waals surface area (Å²) in [6.07, 6.45) is 1.84. The van der Waals surface area contributed by atoms with E-state index < -0.39 is 0 Å². The molecule has 0 heterocycles. The molecule has 0 N–H and O–H groups in total. The van der Waals surface area contributed by atoms with Crippen molar-refractivity contribution in [3.05, 3.63) is 78.4 Å². The normalized spacial score (nSPS) is 10.4. The van der Waals surface area contributed by atoms with Crippen LogP contribution in [0, 0.1) is 0 Å². The van der Waals surface area contributed by atoms with Gasteiger partial charge in [-0.05, 0) is 33.5 Å². The fourth-order valence-corrected chi connectivity index (χ4v) is 2.76. The van der Waals surface area contributed by atoms with Crippen LogP contribution in [0.25, 0.3) is 28.0 Å². The number of carbonyl (C=O) groups excluding carboxylic acids is 1. The van der Waals surface area contributed by atoms with Crippen LogP contribution >= 0.6 is 0 Å². The molecule has 2 nitrogen and oxygen atoms in total. The first-order valence-corrected chi connectivity index (χ1v) is 7.08. The SMILES string of the molecule is C=Cc1c(-c2ccccc2C(=O)OC)ccc2ccccc12. The summed E-state index contributed by atoms with van der Waals surface area (Å²) in [4.78, 5) is 12.0. The molecule has 0 spiro atoms. The fraction of sp³-hybridized carbons (Fsp3) is 0.0500. The lowest BCUT2D eigenvalue weighted by molar-refractivity contribution is 0.0601. The number of carbonyl (C=O) groups is 1. The number of hydrogen-bond acceptors (Lipinski definition) is 2. The van der Waals surface area contributed by atoms with E-state index in [1.54, 1.807) is 6.07 Å². The first-order valence-electron chi connectivity index (χ1n) is 7.08. The highest BCUT2D eigenvalue weighted by atomic mass is 16.5. The van der Waals surface area contributed by atoms with Crippen molar-refractivity contribution in [2.75, 3.05) is 7.11 Å². The standard InChI is InChI=1S/C20H16O2/c1-3-15-16-9-5-4-8-14(16)12-13-18(15)17-10-6-7-11-19(17)20(21)22-2/h3-13H,1H2,2H3. The molecule has 22 heavy (non-hydrogen) atoms. The van der Waals surface area contributed by atoms with Crippen molar-refractivity contribution < 1.29 is 9.53 Å². The number of hydrogen-bond donors (Lipinski definition) is 0. The Morgan fingerprint density at radius 3 is 2.45 bits per heavy atom. The second kappa shape index (κ2) is 5.86. The predicted octanol–water partition coefficient (Wildman–Crippen LogP) is 4.94. The highest BCUT2D eigenvalue weighted by molar-refractivity contribution is 6.02. The summed E-state index contributed by atoms with van der Waals surface area (Å²) < 4.78 is 4.89. The van der Waals surface area contributed by atoms with Gasteiger partial charge in [0.05, 0.1) is 12.7 Å². The molecule has 0 fully saturated rings. The van der Waals surface area contributed by atoms with E-state index in [1.807, 2.05) is 42.5 Å². The first-order chi connectivity index (χ1) is 10.8. The summed E-state index contributed by atoms with van der Waals surface area (Å²) in [6, 6.07) is 19.7. The van der Waals surface area contributed by atoms with Crippen LogP contribution in [-0.2, 0) is 4.74 Å². The molecule has 108 valence electrons. The van der Waals surface area contributed by atoms with Crippen LogP contribution in [0.4, 0.5) is 0 Å². The zero-order valence-corrected chi connectivity index (χ0v) is 12.4. The third-order valence-corrected chi connectivity index (χ3v) is 3.80. The van der Waals surface area contributed by atoms with E-state index in [9.17, 15) is 4.79 Å². The van der Waals surface area contributed by atoms with Gasteiger partial charge in [0.25, 0.3) is 0 Å². The summed E-state index contributed by atoms with van der Waals surface area (Å²) in [6.45, 7) is 3.95. The third kappa shape index (κ3) is 2.29. The van der Waals surface area contributed by atoms with Gasteiger partial charge in [-0.3, -0.25) is 0 Å². The Kier molecular flexibility index (Phi) is 3.75. The summed E-state index contributed by atoms with van der Waals surface area (Å²) in [5.41, 5.74) is 3.42. The summed E-state index contributed by atoms with van der Waals surface area (Å²) in [7, 11) is 1.40. The molecular formula is C20H16O2. The van der Waals surface area contributed by atoms with E-state index in [1.165, 1.54) is 7.11 Å². The molecule has 3 aromatic rings. The van der Waals surface area contributed by atoms with Gasteiger partial charge in [0.1, 0.15) is 0 Å². The molecule has 0 unspecified atom stereocenters. The summed E-state index contributed by atoms with van der Waals surface area (Å²) in [5, 5.41) is 2.27. The average molecular weight is 288 g/mol. The van der Waals surface area contributed by atoms with Crippen LogP contribution in [0.5, 0.6) is 0 Å². The van der Waals surface area contributed by atoms with Crippen molar-refractivity contribution in [2.24, 2.45) is 0 Å². The van der Waals surface area contributed by atoms with Crippen molar-refractivity contribution in [3.8, 4) is 11.1 Å². The number of fused-ring (bicyclic) bond motifs is 1. The average Bonchev–Trinajstić information content (AvgIpc) is 2.60. The maximum atomic E-state index is 12.0. The van der Waals surface area contributed by atoms with Gasteiger partial charge in [0.2, 0.25) is 0 Å². The maximum absolute atomic E-state index is 12.0. The van der Waals surface area contributed by atoms with Crippen LogP contribution < -0.4 is 0 Å².